The van der Waals surface area contributed by atoms with E-state index in [4.69, 9.17) is 4.98 Å². The van der Waals surface area contributed by atoms with Crippen LogP contribution >= 0.6 is 0 Å². The Morgan fingerprint density at radius 1 is 1.03 bits per heavy atom. The molecular formula is C23H29N5O. The van der Waals surface area contributed by atoms with Crippen molar-refractivity contribution in [3.63, 3.8) is 0 Å². The lowest BCUT2D eigenvalue weighted by Gasteiger charge is -2.34. The van der Waals surface area contributed by atoms with E-state index in [-0.39, 0.29) is 5.91 Å². The summed E-state index contributed by atoms with van der Waals surface area (Å²) in [5.41, 5.74) is 4.52. The smallest absolute Gasteiger partial charge is 0.236 e. The van der Waals surface area contributed by atoms with Crippen molar-refractivity contribution in [1.29, 1.82) is 0 Å². The molecule has 1 saturated heterocycles. The first-order valence-corrected chi connectivity index (χ1v) is 10.2. The number of hydrogen-bond donors (Lipinski definition) is 0. The van der Waals surface area contributed by atoms with Gasteiger partial charge in [0.05, 0.1) is 12.2 Å². The molecule has 0 aliphatic carbocycles. The highest BCUT2D eigenvalue weighted by Crippen LogP contribution is 2.12. The number of aromatic nitrogens is 2. The molecular weight excluding hydrogens is 362 g/mol. The molecule has 4 rings (SSSR count). The summed E-state index contributed by atoms with van der Waals surface area (Å²) in [6, 6.07) is 14.3. The van der Waals surface area contributed by atoms with Crippen molar-refractivity contribution in [2.45, 2.75) is 20.0 Å². The van der Waals surface area contributed by atoms with Crippen LogP contribution in [-0.2, 0) is 17.9 Å². The lowest BCUT2D eigenvalue weighted by Crippen LogP contribution is -2.49. The standard InChI is InChI=1S/C23H29N5O/c1-19-7-3-4-8-20(19)15-25(2)23(29)18-27-13-11-26(12-14-27)16-21-17-28-10-6-5-9-22(28)24-21/h3-10,17H,11-16,18H2,1-2H3. The minimum Gasteiger partial charge on any atom is -0.340 e. The van der Waals surface area contributed by atoms with E-state index in [1.165, 1.54) is 11.1 Å². The highest BCUT2D eigenvalue weighted by molar-refractivity contribution is 5.78. The summed E-state index contributed by atoms with van der Waals surface area (Å²) < 4.78 is 2.06. The molecule has 3 heterocycles. The van der Waals surface area contributed by atoms with Crippen molar-refractivity contribution < 1.29 is 4.79 Å². The normalized spacial score (nSPS) is 15.7. The first-order valence-electron chi connectivity index (χ1n) is 10.2. The maximum Gasteiger partial charge on any atom is 0.236 e. The third kappa shape index (κ3) is 4.83. The van der Waals surface area contributed by atoms with Crippen LogP contribution in [0.25, 0.3) is 5.65 Å². The summed E-state index contributed by atoms with van der Waals surface area (Å²) in [6.45, 7) is 7.86. The second-order valence-electron chi connectivity index (χ2n) is 7.93. The molecule has 1 aromatic carbocycles. The van der Waals surface area contributed by atoms with Crippen LogP contribution in [0.4, 0.5) is 0 Å². The fourth-order valence-electron chi connectivity index (χ4n) is 3.84. The summed E-state index contributed by atoms with van der Waals surface area (Å²) >= 11 is 0. The number of benzene rings is 1. The van der Waals surface area contributed by atoms with Gasteiger partial charge >= 0.3 is 0 Å². The third-order valence-electron chi connectivity index (χ3n) is 5.72. The van der Waals surface area contributed by atoms with Crippen LogP contribution in [-0.4, -0.2) is 69.8 Å². The molecule has 0 spiro atoms. The summed E-state index contributed by atoms with van der Waals surface area (Å²) in [5.74, 6) is 0.182. The Balaban J connectivity index is 1.25. The number of pyridine rings is 1. The molecule has 0 atom stereocenters. The Bertz CT molecular complexity index is 941. The van der Waals surface area contributed by atoms with Gasteiger partial charge in [0, 0.05) is 58.7 Å². The monoisotopic (exact) mass is 391 g/mol. The molecule has 2 aromatic heterocycles. The van der Waals surface area contributed by atoms with Crippen LogP contribution in [0, 0.1) is 6.92 Å². The Morgan fingerprint density at radius 2 is 1.76 bits per heavy atom. The van der Waals surface area contributed by atoms with Gasteiger partial charge in [-0.05, 0) is 30.2 Å². The van der Waals surface area contributed by atoms with Crippen molar-refractivity contribution in [1.82, 2.24) is 24.1 Å². The Hall–Kier alpha value is -2.70. The largest absolute Gasteiger partial charge is 0.340 e. The lowest BCUT2D eigenvalue weighted by atomic mass is 10.1. The van der Waals surface area contributed by atoms with E-state index in [0.29, 0.717) is 13.1 Å². The van der Waals surface area contributed by atoms with E-state index in [0.717, 1.165) is 44.1 Å². The second kappa shape index (κ2) is 8.76. The van der Waals surface area contributed by atoms with Crippen molar-refractivity contribution >= 4 is 11.6 Å². The van der Waals surface area contributed by atoms with Gasteiger partial charge in [0.15, 0.2) is 0 Å². The van der Waals surface area contributed by atoms with Gasteiger partial charge in [0.2, 0.25) is 5.91 Å². The molecule has 1 amide bonds. The molecule has 29 heavy (non-hydrogen) atoms. The fraction of sp³-hybridized carbons (Fsp3) is 0.391. The van der Waals surface area contributed by atoms with E-state index in [1.807, 2.05) is 48.5 Å². The van der Waals surface area contributed by atoms with Gasteiger partial charge < -0.3 is 9.30 Å². The molecule has 0 bridgehead atoms. The van der Waals surface area contributed by atoms with E-state index in [9.17, 15) is 4.79 Å². The number of carbonyl (C=O) groups is 1. The Morgan fingerprint density at radius 3 is 2.52 bits per heavy atom. The van der Waals surface area contributed by atoms with Gasteiger partial charge in [-0.3, -0.25) is 14.6 Å². The van der Waals surface area contributed by atoms with Gasteiger partial charge in [-0.25, -0.2) is 4.98 Å². The molecule has 152 valence electrons. The zero-order valence-corrected chi connectivity index (χ0v) is 17.3. The number of aryl methyl sites for hydroxylation is 1. The summed E-state index contributed by atoms with van der Waals surface area (Å²) in [4.78, 5) is 23.9. The quantitative estimate of drug-likeness (QED) is 0.647. The number of carbonyl (C=O) groups excluding carboxylic acids is 1. The van der Waals surface area contributed by atoms with Gasteiger partial charge in [0.25, 0.3) is 0 Å². The number of rotatable bonds is 6. The average Bonchev–Trinajstić information content (AvgIpc) is 3.13. The molecule has 0 N–H and O–H groups in total. The number of hydrogen-bond acceptors (Lipinski definition) is 4. The van der Waals surface area contributed by atoms with Crippen LogP contribution in [0.1, 0.15) is 16.8 Å². The number of imidazole rings is 1. The fourth-order valence-corrected chi connectivity index (χ4v) is 3.84. The molecule has 6 heteroatoms. The SMILES string of the molecule is Cc1ccccc1CN(C)C(=O)CN1CCN(Cc2cn3ccccc3n2)CC1. The molecule has 0 unspecified atom stereocenters. The molecule has 3 aromatic rings. The summed E-state index contributed by atoms with van der Waals surface area (Å²) in [7, 11) is 1.90. The zero-order chi connectivity index (χ0) is 20.2. The van der Waals surface area contributed by atoms with Gasteiger partial charge in [-0.2, -0.15) is 0 Å². The van der Waals surface area contributed by atoms with Crippen LogP contribution in [0.3, 0.4) is 0 Å². The van der Waals surface area contributed by atoms with Crippen LogP contribution in [0.2, 0.25) is 0 Å². The van der Waals surface area contributed by atoms with Crippen LogP contribution in [0.5, 0.6) is 0 Å². The van der Waals surface area contributed by atoms with Crippen LogP contribution < -0.4 is 0 Å². The molecule has 1 aliphatic heterocycles. The summed E-state index contributed by atoms with van der Waals surface area (Å²) in [6.07, 6.45) is 4.13. The van der Waals surface area contributed by atoms with Gasteiger partial charge in [-0.15, -0.1) is 0 Å². The number of likely N-dealkylation sites (N-methyl/N-ethyl adjacent to an activating group) is 1. The molecule has 0 saturated carbocycles. The first kappa shape index (κ1) is 19.6. The van der Waals surface area contributed by atoms with Crippen molar-refractivity contribution in [3.8, 4) is 0 Å². The Labute approximate surface area is 172 Å². The third-order valence-corrected chi connectivity index (χ3v) is 5.72. The predicted octanol–water partition coefficient (Wildman–Crippen LogP) is 2.42. The lowest BCUT2D eigenvalue weighted by molar-refractivity contribution is -0.132. The highest BCUT2D eigenvalue weighted by atomic mass is 16.2. The minimum atomic E-state index is 0.182. The molecule has 1 fully saturated rings. The second-order valence-corrected chi connectivity index (χ2v) is 7.93. The van der Waals surface area contributed by atoms with E-state index in [2.05, 4.69) is 39.5 Å². The van der Waals surface area contributed by atoms with E-state index in [1.54, 1.807) is 0 Å². The molecule has 0 radical (unpaired) electrons. The zero-order valence-electron chi connectivity index (χ0n) is 17.3. The summed E-state index contributed by atoms with van der Waals surface area (Å²) in [5, 5.41) is 0. The van der Waals surface area contributed by atoms with Gasteiger partial charge in [0.1, 0.15) is 5.65 Å². The maximum absolute atomic E-state index is 12.7. The number of fused-ring (bicyclic) bond motifs is 1. The Kier molecular flexibility index (Phi) is 5.92. The number of amides is 1. The van der Waals surface area contributed by atoms with Crippen molar-refractivity contribution in [2.75, 3.05) is 39.8 Å². The number of piperazine rings is 1. The van der Waals surface area contributed by atoms with Gasteiger partial charge in [-0.1, -0.05) is 30.3 Å². The topological polar surface area (TPSA) is 44.1 Å². The van der Waals surface area contributed by atoms with E-state index < -0.39 is 0 Å². The highest BCUT2D eigenvalue weighted by Gasteiger charge is 2.21. The average molecular weight is 392 g/mol. The number of nitrogens with zero attached hydrogens (tertiary/aromatic N) is 5. The molecule has 1 aliphatic rings. The molecule has 6 nitrogen and oxygen atoms in total. The minimum absolute atomic E-state index is 0.182. The first-order chi connectivity index (χ1) is 14.1. The van der Waals surface area contributed by atoms with Crippen molar-refractivity contribution in [3.05, 3.63) is 71.7 Å². The van der Waals surface area contributed by atoms with Crippen LogP contribution in [0.15, 0.2) is 54.9 Å². The van der Waals surface area contributed by atoms with E-state index >= 15 is 0 Å². The maximum atomic E-state index is 12.7. The predicted molar refractivity (Wildman–Crippen MR) is 115 cm³/mol. The van der Waals surface area contributed by atoms with Crippen molar-refractivity contribution in [2.24, 2.45) is 0 Å².